The number of amides is 2. The number of fused-ring (bicyclic) bond motifs is 1. The molecule has 4 atom stereocenters. The minimum absolute atomic E-state index is 0.152. The third kappa shape index (κ3) is 5.82. The molecule has 2 amide bonds. The molecule has 0 aromatic heterocycles. The summed E-state index contributed by atoms with van der Waals surface area (Å²) in [4.78, 5) is 24.2. The number of Topliss-reactive ketones (excluding diaryl/α,β-unsaturated/α-hetero) is 1. The number of hydrogen-bond acceptors (Lipinski definition) is 2. The Balaban J connectivity index is 1.71. The van der Waals surface area contributed by atoms with Crippen molar-refractivity contribution in [1.29, 1.82) is 0 Å². The van der Waals surface area contributed by atoms with Crippen LogP contribution in [0.4, 0.5) is 4.79 Å². The fourth-order valence-corrected chi connectivity index (χ4v) is 4.26. The van der Waals surface area contributed by atoms with Crippen LogP contribution in [0.2, 0.25) is 0 Å². The monoisotopic (exact) mass is 322 g/mol. The first-order valence-electron chi connectivity index (χ1n) is 9.67. The third-order valence-electron chi connectivity index (χ3n) is 5.88. The summed E-state index contributed by atoms with van der Waals surface area (Å²) in [5.74, 6) is 2.26. The van der Waals surface area contributed by atoms with E-state index in [9.17, 15) is 9.59 Å². The van der Waals surface area contributed by atoms with Crippen LogP contribution in [0.5, 0.6) is 0 Å². The normalized spacial score (nSPS) is 29.0. The minimum Gasteiger partial charge on any atom is -0.338 e. The lowest BCUT2D eigenvalue weighted by atomic mass is 9.75. The second-order valence-electron chi connectivity index (χ2n) is 7.59. The van der Waals surface area contributed by atoms with Crippen molar-refractivity contribution < 1.29 is 9.59 Å². The molecule has 2 rings (SSSR count). The Morgan fingerprint density at radius 2 is 1.74 bits per heavy atom. The maximum absolute atomic E-state index is 12.5. The number of rotatable bonds is 6. The van der Waals surface area contributed by atoms with Gasteiger partial charge in [0.1, 0.15) is 5.78 Å². The van der Waals surface area contributed by atoms with Crippen LogP contribution < -0.4 is 10.6 Å². The van der Waals surface area contributed by atoms with Gasteiger partial charge in [0.25, 0.3) is 0 Å². The predicted molar refractivity (Wildman–Crippen MR) is 93.3 cm³/mol. The quantitative estimate of drug-likeness (QED) is 0.775. The summed E-state index contributed by atoms with van der Waals surface area (Å²) in [6.45, 7) is 4.49. The molecule has 4 nitrogen and oxygen atoms in total. The van der Waals surface area contributed by atoms with E-state index in [4.69, 9.17) is 0 Å². The van der Waals surface area contributed by atoms with E-state index in [-0.39, 0.29) is 18.0 Å². The molecule has 0 heterocycles. The molecule has 0 bridgehead atoms. The van der Waals surface area contributed by atoms with Gasteiger partial charge in [0.15, 0.2) is 0 Å². The largest absolute Gasteiger partial charge is 0.338 e. The summed E-state index contributed by atoms with van der Waals surface area (Å²) in [6.07, 6.45) is 11.5. The van der Waals surface area contributed by atoms with Gasteiger partial charge in [-0.05, 0) is 38.0 Å². The molecule has 2 saturated carbocycles. The SMILES string of the molecule is CCC(C)NC(=O)NCCC(=O)C1CCCC2CCCCC2C1. The van der Waals surface area contributed by atoms with Crippen molar-refractivity contribution in [3.63, 3.8) is 0 Å². The summed E-state index contributed by atoms with van der Waals surface area (Å²) in [5.41, 5.74) is 0. The molecule has 132 valence electrons. The zero-order valence-corrected chi connectivity index (χ0v) is 14.9. The van der Waals surface area contributed by atoms with Crippen molar-refractivity contribution >= 4 is 11.8 Å². The van der Waals surface area contributed by atoms with Gasteiger partial charge < -0.3 is 10.6 Å². The Hall–Kier alpha value is -1.06. The molecule has 2 N–H and O–H groups in total. The van der Waals surface area contributed by atoms with Gasteiger partial charge in [-0.1, -0.05) is 45.4 Å². The molecule has 2 aliphatic carbocycles. The summed E-state index contributed by atoms with van der Waals surface area (Å²) in [6, 6.07) is 0.0242. The number of urea groups is 1. The highest BCUT2D eigenvalue weighted by atomic mass is 16.2. The summed E-state index contributed by atoms with van der Waals surface area (Å²) in [7, 11) is 0. The molecule has 4 heteroatoms. The van der Waals surface area contributed by atoms with Gasteiger partial charge in [-0.3, -0.25) is 4.79 Å². The number of carbonyl (C=O) groups excluding carboxylic acids is 2. The van der Waals surface area contributed by atoms with E-state index in [0.717, 1.165) is 31.1 Å². The van der Waals surface area contributed by atoms with Crippen LogP contribution in [-0.2, 0) is 4.79 Å². The summed E-state index contributed by atoms with van der Waals surface area (Å²) >= 11 is 0. The van der Waals surface area contributed by atoms with Crippen molar-refractivity contribution in [1.82, 2.24) is 10.6 Å². The van der Waals surface area contributed by atoms with E-state index < -0.39 is 0 Å². The first kappa shape index (κ1) is 18.3. The fourth-order valence-electron chi connectivity index (χ4n) is 4.26. The van der Waals surface area contributed by atoms with Crippen LogP contribution in [0.25, 0.3) is 0 Å². The molecule has 4 unspecified atom stereocenters. The second-order valence-corrected chi connectivity index (χ2v) is 7.59. The van der Waals surface area contributed by atoms with E-state index >= 15 is 0 Å². The van der Waals surface area contributed by atoms with Gasteiger partial charge in [-0.15, -0.1) is 0 Å². The smallest absolute Gasteiger partial charge is 0.315 e. The van der Waals surface area contributed by atoms with Crippen molar-refractivity contribution in [2.45, 2.75) is 84.1 Å². The highest BCUT2D eigenvalue weighted by Gasteiger charge is 2.32. The lowest BCUT2D eigenvalue weighted by Gasteiger charge is -2.30. The van der Waals surface area contributed by atoms with Crippen molar-refractivity contribution in [2.24, 2.45) is 17.8 Å². The molecule has 0 aromatic rings. The minimum atomic E-state index is -0.152. The number of hydrogen-bond donors (Lipinski definition) is 2. The molecule has 0 aromatic carbocycles. The van der Waals surface area contributed by atoms with Crippen LogP contribution in [0, 0.1) is 17.8 Å². The Kier molecular flexibility index (Phi) is 7.38. The molecule has 2 aliphatic rings. The van der Waals surface area contributed by atoms with Gasteiger partial charge in [-0.25, -0.2) is 4.79 Å². The number of nitrogens with one attached hydrogen (secondary N) is 2. The Morgan fingerprint density at radius 3 is 2.48 bits per heavy atom. The highest BCUT2D eigenvalue weighted by Crippen LogP contribution is 2.41. The van der Waals surface area contributed by atoms with Crippen LogP contribution in [0.15, 0.2) is 0 Å². The molecule has 0 aliphatic heterocycles. The van der Waals surface area contributed by atoms with Gasteiger partial charge in [0, 0.05) is 24.9 Å². The van der Waals surface area contributed by atoms with E-state index in [1.54, 1.807) is 0 Å². The van der Waals surface area contributed by atoms with Gasteiger partial charge in [0.2, 0.25) is 0 Å². The molecule has 0 saturated heterocycles. The van der Waals surface area contributed by atoms with Crippen molar-refractivity contribution in [2.75, 3.05) is 6.54 Å². The second kappa shape index (κ2) is 9.29. The Labute approximate surface area is 141 Å². The zero-order chi connectivity index (χ0) is 16.7. The number of ketones is 1. The van der Waals surface area contributed by atoms with Crippen molar-refractivity contribution in [3.05, 3.63) is 0 Å². The van der Waals surface area contributed by atoms with Gasteiger partial charge in [-0.2, -0.15) is 0 Å². The van der Waals surface area contributed by atoms with Crippen LogP contribution in [0.1, 0.15) is 78.1 Å². The highest BCUT2D eigenvalue weighted by molar-refractivity contribution is 5.82. The van der Waals surface area contributed by atoms with Crippen LogP contribution in [-0.4, -0.2) is 24.4 Å². The van der Waals surface area contributed by atoms with Gasteiger partial charge >= 0.3 is 6.03 Å². The average Bonchev–Trinajstić information content (AvgIpc) is 2.76. The molecular weight excluding hydrogens is 288 g/mol. The lowest BCUT2D eigenvalue weighted by Crippen LogP contribution is -2.41. The average molecular weight is 322 g/mol. The van der Waals surface area contributed by atoms with Crippen molar-refractivity contribution in [3.8, 4) is 0 Å². The number of carbonyl (C=O) groups is 2. The van der Waals surface area contributed by atoms with Gasteiger partial charge in [0.05, 0.1) is 0 Å². The summed E-state index contributed by atoms with van der Waals surface area (Å²) < 4.78 is 0. The first-order valence-corrected chi connectivity index (χ1v) is 9.67. The predicted octanol–water partition coefficient (Wildman–Crippen LogP) is 4.04. The van der Waals surface area contributed by atoms with Crippen LogP contribution >= 0.6 is 0 Å². The van der Waals surface area contributed by atoms with E-state index in [2.05, 4.69) is 10.6 Å². The Morgan fingerprint density at radius 1 is 1.04 bits per heavy atom. The van der Waals surface area contributed by atoms with Crippen LogP contribution in [0.3, 0.4) is 0 Å². The fraction of sp³-hybridized carbons (Fsp3) is 0.895. The first-order chi connectivity index (χ1) is 11.1. The molecular formula is C19H34N2O2. The van der Waals surface area contributed by atoms with E-state index in [1.807, 2.05) is 13.8 Å². The molecule has 0 radical (unpaired) electrons. The maximum atomic E-state index is 12.5. The standard InChI is InChI=1S/C19H34N2O2/c1-3-14(2)21-19(23)20-12-11-18(22)17-10-6-9-15-7-4-5-8-16(15)13-17/h14-17H,3-13H2,1-2H3,(H2,20,21,23). The van der Waals surface area contributed by atoms with E-state index in [0.29, 0.717) is 18.7 Å². The molecule has 2 fully saturated rings. The summed E-state index contributed by atoms with van der Waals surface area (Å²) in [5, 5.41) is 5.69. The maximum Gasteiger partial charge on any atom is 0.315 e. The lowest BCUT2D eigenvalue weighted by molar-refractivity contribution is -0.123. The Bertz CT molecular complexity index is 397. The zero-order valence-electron chi connectivity index (χ0n) is 14.9. The third-order valence-corrected chi connectivity index (χ3v) is 5.88. The molecule has 0 spiro atoms. The topological polar surface area (TPSA) is 58.2 Å². The molecule has 23 heavy (non-hydrogen) atoms. The van der Waals surface area contributed by atoms with E-state index in [1.165, 1.54) is 38.5 Å².